The molecule has 0 aromatic carbocycles. The quantitative estimate of drug-likeness (QED) is 0.213. The Morgan fingerprint density at radius 2 is 1.30 bits per heavy atom. The first-order valence-electron chi connectivity index (χ1n) is 18.0. The Morgan fingerprint density at radius 1 is 0.759 bits per heavy atom. The zero-order valence-electron chi connectivity index (χ0n) is 33.0. The van der Waals surface area contributed by atoms with Crippen LogP contribution in [-0.4, -0.2) is 100.0 Å². The van der Waals surface area contributed by atoms with Crippen LogP contribution in [0.2, 0.25) is 0 Å². The number of hydrogen-bond donors (Lipinski definition) is 1. The lowest BCUT2D eigenvalue weighted by Gasteiger charge is -2.53. The highest BCUT2D eigenvalue weighted by Crippen LogP contribution is 2.55. The molecule has 10 atom stereocenters. The summed E-state index contributed by atoms with van der Waals surface area (Å²) in [7, 11) is 0. The number of carbonyl (C=O) groups excluding carboxylic acids is 8. The van der Waals surface area contributed by atoms with Crippen molar-refractivity contribution < 1.29 is 76.6 Å². The van der Waals surface area contributed by atoms with Crippen LogP contribution in [-0.2, 0) is 71.5 Å². The molecule has 54 heavy (non-hydrogen) atoms. The lowest BCUT2D eigenvalue weighted by molar-refractivity contribution is -0.273. The van der Waals surface area contributed by atoms with Crippen LogP contribution in [0.1, 0.15) is 102 Å². The molecule has 0 aromatic rings. The Labute approximate surface area is 314 Å². The Balaban J connectivity index is 2.70. The molecule has 1 aliphatic heterocycles. The van der Waals surface area contributed by atoms with E-state index in [1.807, 2.05) is 0 Å². The van der Waals surface area contributed by atoms with E-state index in [1.54, 1.807) is 13.8 Å². The zero-order valence-corrected chi connectivity index (χ0v) is 33.0. The van der Waals surface area contributed by atoms with Gasteiger partial charge < -0.3 is 38.3 Å². The standard InChI is InChI=1S/C38H54O16/c1-18(2)33(45)52-32-27(48-21(6)39)31(50-23(8)41)35(10,11)15-13-20(5)28(44)37(47)17-36(12,53-24(9)42)29(49-22(7)40)26(37)30-38(32,16-14-25(43)51-30)54-34(46)19(3)4/h13,15,18-20,26-27,29-32,47H,14,16-17H2,1-12H3/b15-13+/t20-,26+,27-,29+,30+,31+,32+,36+,37+,38-/m0/s1. The highest BCUT2D eigenvalue weighted by atomic mass is 16.7. The second kappa shape index (κ2) is 16.2. The first-order chi connectivity index (χ1) is 24.7. The fraction of sp³-hybridized carbons (Fsp3) is 0.737. The van der Waals surface area contributed by atoms with Crippen LogP contribution in [0.3, 0.4) is 0 Å². The number of hydrogen-bond acceptors (Lipinski definition) is 16. The average Bonchev–Trinajstić information content (AvgIpc) is 3.24. The number of aliphatic hydroxyl groups is 1. The molecule has 16 nitrogen and oxygen atoms in total. The predicted molar refractivity (Wildman–Crippen MR) is 184 cm³/mol. The van der Waals surface area contributed by atoms with Gasteiger partial charge in [0.1, 0.15) is 11.2 Å². The van der Waals surface area contributed by atoms with E-state index in [9.17, 15) is 43.5 Å². The van der Waals surface area contributed by atoms with Crippen molar-refractivity contribution in [2.75, 3.05) is 0 Å². The summed E-state index contributed by atoms with van der Waals surface area (Å²) in [6.07, 6.45) is -7.97. The number of esters is 7. The molecule has 1 saturated carbocycles. The van der Waals surface area contributed by atoms with Crippen molar-refractivity contribution in [1.82, 2.24) is 0 Å². The number of allylic oxidation sites excluding steroid dienone is 1. The third kappa shape index (κ3) is 8.95. The largest absolute Gasteiger partial charge is 0.458 e. The van der Waals surface area contributed by atoms with E-state index in [4.69, 9.17) is 33.2 Å². The van der Waals surface area contributed by atoms with Crippen LogP contribution in [0.15, 0.2) is 12.2 Å². The normalized spacial score (nSPS) is 35.5. The van der Waals surface area contributed by atoms with Crippen molar-refractivity contribution in [2.45, 2.75) is 150 Å². The molecule has 0 aromatic heterocycles. The summed E-state index contributed by atoms with van der Waals surface area (Å²) in [6, 6.07) is 0. The van der Waals surface area contributed by atoms with Crippen LogP contribution in [0.4, 0.5) is 0 Å². The van der Waals surface area contributed by atoms with E-state index in [2.05, 4.69) is 0 Å². The van der Waals surface area contributed by atoms with E-state index in [-0.39, 0.29) is 0 Å². The second-order valence-corrected chi connectivity index (χ2v) is 16.0. The molecule has 3 rings (SSSR count). The summed E-state index contributed by atoms with van der Waals surface area (Å²) in [6.45, 7) is 16.2. The second-order valence-electron chi connectivity index (χ2n) is 16.0. The van der Waals surface area contributed by atoms with E-state index in [0.717, 1.165) is 27.7 Å². The average molecular weight is 767 g/mol. The van der Waals surface area contributed by atoms with Crippen molar-refractivity contribution in [1.29, 1.82) is 0 Å². The molecule has 0 radical (unpaired) electrons. The van der Waals surface area contributed by atoms with Gasteiger partial charge in [0, 0.05) is 58.3 Å². The first kappa shape index (κ1) is 44.1. The minimum Gasteiger partial charge on any atom is -0.458 e. The molecule has 1 heterocycles. The van der Waals surface area contributed by atoms with Crippen LogP contribution in [0, 0.1) is 29.1 Å². The van der Waals surface area contributed by atoms with Crippen LogP contribution < -0.4 is 0 Å². The molecule has 0 spiro atoms. The van der Waals surface area contributed by atoms with Crippen molar-refractivity contribution >= 4 is 47.6 Å². The number of carbonyl (C=O) groups is 8. The monoisotopic (exact) mass is 766 g/mol. The van der Waals surface area contributed by atoms with E-state index in [1.165, 1.54) is 53.7 Å². The maximum Gasteiger partial charge on any atom is 0.309 e. The van der Waals surface area contributed by atoms with Gasteiger partial charge in [0.15, 0.2) is 41.9 Å². The molecule has 16 heteroatoms. The first-order valence-corrected chi connectivity index (χ1v) is 18.0. The molecule has 0 bridgehead atoms. The Bertz CT molecular complexity index is 1560. The Hall–Kier alpha value is -4.34. The minimum absolute atomic E-state index is 0.499. The van der Waals surface area contributed by atoms with Crippen LogP contribution >= 0.6 is 0 Å². The molecule has 1 saturated heterocycles. The zero-order chi connectivity index (χ0) is 41.3. The fourth-order valence-corrected chi connectivity index (χ4v) is 7.71. The molecule has 2 fully saturated rings. The Morgan fingerprint density at radius 3 is 1.80 bits per heavy atom. The summed E-state index contributed by atoms with van der Waals surface area (Å²) in [5, 5.41) is 12.9. The molecule has 0 amide bonds. The molecular formula is C38H54O16. The molecule has 302 valence electrons. The van der Waals surface area contributed by atoms with Gasteiger partial charge in [-0.3, -0.25) is 38.4 Å². The highest BCUT2D eigenvalue weighted by Gasteiger charge is 2.75. The van der Waals surface area contributed by atoms with Gasteiger partial charge in [-0.15, -0.1) is 0 Å². The van der Waals surface area contributed by atoms with Crippen LogP contribution in [0.5, 0.6) is 0 Å². The third-order valence-corrected chi connectivity index (χ3v) is 10.1. The number of ether oxygens (including phenoxy) is 7. The fourth-order valence-electron chi connectivity index (χ4n) is 7.71. The van der Waals surface area contributed by atoms with Gasteiger partial charge in [-0.2, -0.15) is 0 Å². The van der Waals surface area contributed by atoms with Gasteiger partial charge in [0.2, 0.25) is 0 Å². The molecule has 0 unspecified atom stereocenters. The number of fused-ring (bicyclic) bond motifs is 3. The number of ketones is 1. The minimum atomic E-state index is -2.67. The summed E-state index contributed by atoms with van der Waals surface area (Å²) in [4.78, 5) is 107. The van der Waals surface area contributed by atoms with Gasteiger partial charge in [-0.05, 0) is 6.92 Å². The lowest BCUT2D eigenvalue weighted by atomic mass is 9.66. The van der Waals surface area contributed by atoms with Gasteiger partial charge in [-0.25, -0.2) is 0 Å². The van der Waals surface area contributed by atoms with E-state index >= 15 is 0 Å². The summed E-state index contributed by atoms with van der Waals surface area (Å²) in [5.74, 6) is -12.1. The van der Waals surface area contributed by atoms with Crippen molar-refractivity contribution in [2.24, 2.45) is 29.1 Å². The topological polar surface area (TPSA) is 221 Å². The highest BCUT2D eigenvalue weighted by molar-refractivity contribution is 5.92. The lowest BCUT2D eigenvalue weighted by Crippen LogP contribution is -2.72. The molecule has 2 aliphatic carbocycles. The smallest absolute Gasteiger partial charge is 0.309 e. The summed E-state index contributed by atoms with van der Waals surface area (Å²) in [5.41, 5.74) is -8.48. The van der Waals surface area contributed by atoms with Gasteiger partial charge >= 0.3 is 41.8 Å². The third-order valence-electron chi connectivity index (χ3n) is 10.1. The maximum absolute atomic E-state index is 14.7. The van der Waals surface area contributed by atoms with Gasteiger partial charge in [0.05, 0.1) is 17.8 Å². The Kier molecular flexibility index (Phi) is 13.2. The number of rotatable bonds is 8. The SMILES string of the molecule is CC(=O)O[C@H]1[C@@H](OC(C)=O)C(C)(C)/C=C/[C@H](C)C(=O)[C@@]2(O)C[C@@](C)(OC(C)=O)[C@H](OC(C)=O)[C@@H]2[C@H]2OC(=O)CC[C@@]2(OC(=O)C(C)C)[C@@H]1OC(=O)C(C)C. The summed E-state index contributed by atoms with van der Waals surface area (Å²) >= 11 is 0. The number of Topliss-reactive ketones (excluding diaryl/α,β-unsaturated/α-hetero) is 1. The maximum atomic E-state index is 14.7. The van der Waals surface area contributed by atoms with E-state index in [0.29, 0.717) is 0 Å². The van der Waals surface area contributed by atoms with Gasteiger partial charge in [-0.1, -0.05) is 60.6 Å². The molecular weight excluding hydrogens is 712 g/mol. The molecule has 1 N–H and O–H groups in total. The van der Waals surface area contributed by atoms with Crippen molar-refractivity contribution in [3.63, 3.8) is 0 Å². The summed E-state index contributed by atoms with van der Waals surface area (Å²) < 4.78 is 41.7. The predicted octanol–water partition coefficient (Wildman–Crippen LogP) is 2.87. The van der Waals surface area contributed by atoms with Crippen molar-refractivity contribution in [3.05, 3.63) is 12.2 Å². The van der Waals surface area contributed by atoms with Crippen molar-refractivity contribution in [3.8, 4) is 0 Å². The van der Waals surface area contributed by atoms with Crippen LogP contribution in [0.25, 0.3) is 0 Å². The van der Waals surface area contributed by atoms with Gasteiger partial charge in [0.25, 0.3) is 0 Å². The van der Waals surface area contributed by atoms with E-state index < -0.39 is 143 Å². The molecule has 3 aliphatic rings.